The maximum atomic E-state index is 12.0. The lowest BCUT2D eigenvalue weighted by Crippen LogP contribution is -2.48. The average molecular weight is 269 g/mol. The number of piperidine rings is 1. The maximum absolute atomic E-state index is 12.0. The van der Waals surface area contributed by atoms with Crippen LogP contribution in [-0.2, 0) is 9.53 Å². The van der Waals surface area contributed by atoms with E-state index in [1.165, 1.54) is 6.42 Å². The molecule has 2 aliphatic heterocycles. The second kappa shape index (κ2) is 7.82. The predicted molar refractivity (Wildman–Crippen MR) is 75.2 cm³/mol. The van der Waals surface area contributed by atoms with E-state index >= 15 is 0 Å². The molecule has 2 fully saturated rings. The third-order valence-corrected chi connectivity index (χ3v) is 3.95. The summed E-state index contributed by atoms with van der Waals surface area (Å²) in [4.78, 5) is 16.4. The molecule has 5 heteroatoms. The Labute approximate surface area is 116 Å². The van der Waals surface area contributed by atoms with E-state index in [0.717, 1.165) is 58.8 Å². The summed E-state index contributed by atoms with van der Waals surface area (Å²) in [6, 6.07) is 0.354. The fourth-order valence-corrected chi connectivity index (χ4v) is 2.75. The molecule has 0 spiro atoms. The minimum absolute atomic E-state index is 0.258. The topological polar surface area (TPSA) is 44.8 Å². The molecule has 0 radical (unpaired) electrons. The molecule has 0 saturated carbocycles. The molecule has 1 N–H and O–H groups in total. The first-order chi connectivity index (χ1) is 9.25. The van der Waals surface area contributed by atoms with Crippen LogP contribution in [0.25, 0.3) is 0 Å². The number of nitrogens with one attached hydrogen (secondary N) is 1. The van der Waals surface area contributed by atoms with Crippen LogP contribution < -0.4 is 5.32 Å². The van der Waals surface area contributed by atoms with Crippen LogP contribution in [0.5, 0.6) is 0 Å². The molecule has 0 aromatic carbocycles. The van der Waals surface area contributed by atoms with E-state index in [1.807, 2.05) is 4.90 Å². The van der Waals surface area contributed by atoms with Gasteiger partial charge >= 0.3 is 0 Å². The summed E-state index contributed by atoms with van der Waals surface area (Å²) in [6.07, 6.45) is 3.59. The molecule has 2 rings (SSSR count). The Morgan fingerprint density at radius 3 is 2.53 bits per heavy atom. The lowest BCUT2D eigenvalue weighted by atomic mass is 10.1. The Morgan fingerprint density at radius 1 is 1.16 bits per heavy atom. The third kappa shape index (κ3) is 5.09. The van der Waals surface area contributed by atoms with Gasteiger partial charge in [-0.05, 0) is 26.2 Å². The molecule has 2 aliphatic rings. The molecular formula is C14H27N3O2. The third-order valence-electron chi connectivity index (χ3n) is 3.95. The highest BCUT2D eigenvalue weighted by molar-refractivity contribution is 5.78. The van der Waals surface area contributed by atoms with Gasteiger partial charge < -0.3 is 15.0 Å². The van der Waals surface area contributed by atoms with E-state index in [2.05, 4.69) is 17.1 Å². The Kier molecular flexibility index (Phi) is 6.07. The summed E-state index contributed by atoms with van der Waals surface area (Å²) >= 11 is 0. The van der Waals surface area contributed by atoms with E-state index in [1.54, 1.807) is 0 Å². The van der Waals surface area contributed by atoms with E-state index in [4.69, 9.17) is 4.74 Å². The van der Waals surface area contributed by atoms with Crippen molar-refractivity contribution in [3.63, 3.8) is 0 Å². The van der Waals surface area contributed by atoms with Crippen molar-refractivity contribution in [3.05, 3.63) is 0 Å². The summed E-state index contributed by atoms with van der Waals surface area (Å²) in [7, 11) is 0. The fraction of sp³-hybridized carbons (Fsp3) is 0.929. The van der Waals surface area contributed by atoms with Gasteiger partial charge in [-0.3, -0.25) is 9.69 Å². The number of carbonyl (C=O) groups excluding carboxylic acids is 1. The molecule has 19 heavy (non-hydrogen) atoms. The first kappa shape index (κ1) is 14.8. The summed E-state index contributed by atoms with van der Waals surface area (Å²) in [6.45, 7) is 9.19. The minimum atomic E-state index is 0.258. The van der Waals surface area contributed by atoms with Crippen LogP contribution in [0, 0.1) is 0 Å². The van der Waals surface area contributed by atoms with Crippen LogP contribution in [0.4, 0.5) is 0 Å². The molecule has 2 heterocycles. The molecule has 2 saturated heterocycles. The van der Waals surface area contributed by atoms with Crippen molar-refractivity contribution in [2.45, 2.75) is 32.2 Å². The number of carbonyl (C=O) groups is 1. The van der Waals surface area contributed by atoms with E-state index in [9.17, 15) is 4.79 Å². The van der Waals surface area contributed by atoms with Gasteiger partial charge in [-0.25, -0.2) is 0 Å². The van der Waals surface area contributed by atoms with Crippen LogP contribution >= 0.6 is 0 Å². The number of hydrogen-bond donors (Lipinski definition) is 1. The van der Waals surface area contributed by atoms with Crippen LogP contribution in [-0.4, -0.2) is 74.2 Å². The number of likely N-dealkylation sites (tertiary alicyclic amines) is 1. The van der Waals surface area contributed by atoms with Crippen molar-refractivity contribution >= 4 is 5.91 Å². The highest BCUT2D eigenvalue weighted by Crippen LogP contribution is 2.08. The van der Waals surface area contributed by atoms with E-state index in [-0.39, 0.29) is 5.91 Å². The maximum Gasteiger partial charge on any atom is 0.236 e. The largest absolute Gasteiger partial charge is 0.379 e. The number of hydrogen-bond acceptors (Lipinski definition) is 4. The van der Waals surface area contributed by atoms with Crippen molar-refractivity contribution in [1.82, 2.24) is 15.1 Å². The average Bonchev–Trinajstić information content (AvgIpc) is 2.47. The summed E-state index contributed by atoms with van der Waals surface area (Å²) < 4.78 is 5.34. The summed E-state index contributed by atoms with van der Waals surface area (Å²) in [5.41, 5.74) is 0. The monoisotopic (exact) mass is 269 g/mol. The van der Waals surface area contributed by atoms with Gasteiger partial charge in [0, 0.05) is 38.8 Å². The normalized spacial score (nSPS) is 23.3. The predicted octanol–water partition coefficient (Wildman–Crippen LogP) is 0.309. The zero-order valence-electron chi connectivity index (χ0n) is 12.1. The fourth-order valence-electron chi connectivity index (χ4n) is 2.75. The van der Waals surface area contributed by atoms with Crippen molar-refractivity contribution in [1.29, 1.82) is 0 Å². The summed E-state index contributed by atoms with van der Waals surface area (Å²) in [5.74, 6) is 0.258. The number of rotatable bonds is 5. The second-order valence-corrected chi connectivity index (χ2v) is 5.64. The Balaban J connectivity index is 1.61. The first-order valence-corrected chi connectivity index (χ1v) is 7.57. The Hall–Kier alpha value is -0.650. The minimum Gasteiger partial charge on any atom is -0.379 e. The van der Waals surface area contributed by atoms with Gasteiger partial charge in [0.15, 0.2) is 0 Å². The molecule has 5 nitrogen and oxygen atoms in total. The Bertz CT molecular complexity index is 274. The van der Waals surface area contributed by atoms with E-state index in [0.29, 0.717) is 12.6 Å². The number of amides is 1. The molecule has 1 atom stereocenters. The lowest BCUT2D eigenvalue weighted by molar-refractivity contribution is -0.131. The van der Waals surface area contributed by atoms with Crippen molar-refractivity contribution in [2.24, 2.45) is 0 Å². The van der Waals surface area contributed by atoms with Gasteiger partial charge in [-0.1, -0.05) is 0 Å². The van der Waals surface area contributed by atoms with Gasteiger partial charge in [0.1, 0.15) is 0 Å². The quantitative estimate of drug-likeness (QED) is 0.780. The van der Waals surface area contributed by atoms with Gasteiger partial charge in [0.2, 0.25) is 5.91 Å². The van der Waals surface area contributed by atoms with E-state index < -0.39 is 0 Å². The van der Waals surface area contributed by atoms with Crippen molar-refractivity contribution in [3.8, 4) is 0 Å². The van der Waals surface area contributed by atoms with Gasteiger partial charge in [-0.2, -0.15) is 0 Å². The standard InChI is InChI=1S/C14H27N3O2/c1-13(12-16-7-9-19-10-8-16)15-11-14(18)17-5-3-2-4-6-17/h13,15H,2-12H2,1H3. The zero-order valence-corrected chi connectivity index (χ0v) is 12.1. The number of morpholine rings is 1. The zero-order chi connectivity index (χ0) is 13.5. The lowest BCUT2D eigenvalue weighted by Gasteiger charge is -2.30. The molecule has 1 unspecified atom stereocenters. The Morgan fingerprint density at radius 2 is 1.84 bits per heavy atom. The van der Waals surface area contributed by atoms with Crippen LogP contribution in [0.15, 0.2) is 0 Å². The van der Waals surface area contributed by atoms with Crippen LogP contribution in [0.1, 0.15) is 26.2 Å². The summed E-state index contributed by atoms with van der Waals surface area (Å²) in [5, 5.41) is 3.35. The van der Waals surface area contributed by atoms with Crippen molar-refractivity contribution < 1.29 is 9.53 Å². The highest BCUT2D eigenvalue weighted by Gasteiger charge is 2.18. The molecular weight excluding hydrogens is 242 g/mol. The molecule has 110 valence electrons. The van der Waals surface area contributed by atoms with Gasteiger partial charge in [0.05, 0.1) is 19.8 Å². The van der Waals surface area contributed by atoms with Crippen LogP contribution in [0.2, 0.25) is 0 Å². The first-order valence-electron chi connectivity index (χ1n) is 7.57. The van der Waals surface area contributed by atoms with Crippen molar-refractivity contribution in [2.75, 3.05) is 52.5 Å². The molecule has 0 aromatic heterocycles. The van der Waals surface area contributed by atoms with Crippen LogP contribution in [0.3, 0.4) is 0 Å². The molecule has 0 aromatic rings. The molecule has 0 aliphatic carbocycles. The SMILES string of the molecule is CC(CN1CCOCC1)NCC(=O)N1CCCCC1. The molecule has 1 amide bonds. The number of nitrogens with zero attached hydrogens (tertiary/aromatic N) is 2. The van der Waals surface area contributed by atoms with Gasteiger partial charge in [0.25, 0.3) is 0 Å². The molecule has 0 bridgehead atoms. The number of ether oxygens (including phenoxy) is 1. The smallest absolute Gasteiger partial charge is 0.236 e. The van der Waals surface area contributed by atoms with Gasteiger partial charge in [-0.15, -0.1) is 0 Å². The highest BCUT2D eigenvalue weighted by atomic mass is 16.5. The second-order valence-electron chi connectivity index (χ2n) is 5.64.